The number of carbonyl (C=O) groups is 1. The van der Waals surface area contributed by atoms with E-state index in [1.54, 1.807) is 0 Å². The molecule has 0 radical (unpaired) electrons. The van der Waals surface area contributed by atoms with Gasteiger partial charge in [-0.3, -0.25) is 0 Å². The van der Waals surface area contributed by atoms with Crippen LogP contribution in [0.5, 0.6) is 0 Å². The monoisotopic (exact) mass is 252 g/mol. The fourth-order valence-corrected chi connectivity index (χ4v) is 3.00. The first kappa shape index (κ1) is 14.9. The Hall–Kier alpha value is -1.17. The van der Waals surface area contributed by atoms with Crippen LogP contribution in [0.1, 0.15) is 51.9 Å². The van der Waals surface area contributed by atoms with E-state index in [9.17, 15) is 4.79 Å². The maximum absolute atomic E-state index is 10.4. The molecule has 2 unspecified atom stereocenters. The van der Waals surface area contributed by atoms with Crippen LogP contribution >= 0.6 is 0 Å². The van der Waals surface area contributed by atoms with Gasteiger partial charge in [0.2, 0.25) is 0 Å². The molecule has 18 heavy (non-hydrogen) atoms. The van der Waals surface area contributed by atoms with Gasteiger partial charge < -0.3 is 9.84 Å². The molecule has 0 aromatic carbocycles. The summed E-state index contributed by atoms with van der Waals surface area (Å²) in [5.74, 6) is 4.28. The lowest BCUT2D eigenvalue weighted by Gasteiger charge is -2.30. The summed E-state index contributed by atoms with van der Waals surface area (Å²) in [5.41, 5.74) is 0. The van der Waals surface area contributed by atoms with Crippen molar-refractivity contribution in [2.24, 2.45) is 17.8 Å². The van der Waals surface area contributed by atoms with E-state index in [4.69, 9.17) is 11.5 Å². The van der Waals surface area contributed by atoms with Gasteiger partial charge in [0.05, 0.1) is 6.61 Å². The van der Waals surface area contributed by atoms with E-state index >= 15 is 0 Å². The number of carboxylic acid groups (broad SMARTS) is 1. The zero-order valence-corrected chi connectivity index (χ0v) is 11.2. The Morgan fingerprint density at radius 2 is 2.11 bits per heavy atom. The maximum Gasteiger partial charge on any atom is 0.505 e. The second-order valence-corrected chi connectivity index (χ2v) is 5.48. The van der Waals surface area contributed by atoms with Crippen LogP contribution in [0.4, 0.5) is 4.79 Å². The second-order valence-electron chi connectivity index (χ2n) is 5.48. The van der Waals surface area contributed by atoms with E-state index in [-0.39, 0.29) is 12.5 Å². The number of rotatable bonds is 6. The van der Waals surface area contributed by atoms with Crippen LogP contribution in [0, 0.1) is 30.1 Å². The van der Waals surface area contributed by atoms with E-state index in [0.717, 1.165) is 18.8 Å². The van der Waals surface area contributed by atoms with Gasteiger partial charge in [-0.2, -0.15) is 0 Å². The minimum atomic E-state index is -1.19. The van der Waals surface area contributed by atoms with Crippen LogP contribution in [0.2, 0.25) is 0 Å². The van der Waals surface area contributed by atoms with Crippen molar-refractivity contribution in [2.75, 3.05) is 6.61 Å². The Morgan fingerprint density at radius 3 is 2.67 bits per heavy atom. The summed E-state index contributed by atoms with van der Waals surface area (Å²) in [6.07, 6.45) is 12.6. The van der Waals surface area contributed by atoms with Gasteiger partial charge in [-0.25, -0.2) is 4.79 Å². The smallest absolute Gasteiger partial charge is 0.450 e. The molecule has 1 fully saturated rings. The van der Waals surface area contributed by atoms with Crippen LogP contribution in [-0.2, 0) is 4.74 Å². The molecule has 3 nitrogen and oxygen atoms in total. The Morgan fingerprint density at radius 1 is 1.44 bits per heavy atom. The first-order valence-electron chi connectivity index (χ1n) is 6.92. The van der Waals surface area contributed by atoms with Crippen molar-refractivity contribution in [2.45, 2.75) is 51.9 Å². The zero-order chi connectivity index (χ0) is 13.4. The predicted molar refractivity (Wildman–Crippen MR) is 71.3 cm³/mol. The van der Waals surface area contributed by atoms with Crippen molar-refractivity contribution in [3.05, 3.63) is 0 Å². The molecule has 0 aromatic heterocycles. The zero-order valence-electron chi connectivity index (χ0n) is 11.2. The molecule has 2 atom stereocenters. The quantitative estimate of drug-likeness (QED) is 0.575. The number of ether oxygens (including phenoxy) is 1. The molecule has 102 valence electrons. The summed E-state index contributed by atoms with van der Waals surface area (Å²) in [6.45, 7) is 2.32. The summed E-state index contributed by atoms with van der Waals surface area (Å²) >= 11 is 0. The first-order chi connectivity index (χ1) is 8.63. The molecule has 1 aliphatic carbocycles. The van der Waals surface area contributed by atoms with Crippen molar-refractivity contribution >= 4 is 6.16 Å². The third-order valence-corrected chi connectivity index (χ3v) is 3.89. The van der Waals surface area contributed by atoms with Crippen LogP contribution < -0.4 is 0 Å². The summed E-state index contributed by atoms with van der Waals surface area (Å²) in [4.78, 5) is 10.4. The van der Waals surface area contributed by atoms with Crippen molar-refractivity contribution < 1.29 is 14.6 Å². The lowest BCUT2D eigenvalue weighted by molar-refractivity contribution is 0.0721. The highest BCUT2D eigenvalue weighted by atomic mass is 16.7. The largest absolute Gasteiger partial charge is 0.505 e. The topological polar surface area (TPSA) is 46.5 Å². The van der Waals surface area contributed by atoms with Gasteiger partial charge in [0, 0.05) is 6.42 Å². The second kappa shape index (κ2) is 8.02. The Labute approximate surface area is 110 Å². The molecule has 1 N–H and O–H groups in total. The number of hydrogen-bond acceptors (Lipinski definition) is 2. The SMILES string of the molecule is C#CCC(CC(C)COC(=O)O)C1CCCCC1. The Bertz CT molecular complexity index is 287. The first-order valence-corrected chi connectivity index (χ1v) is 6.92. The molecule has 0 bridgehead atoms. The minimum absolute atomic E-state index is 0.251. The molecule has 0 heterocycles. The lowest BCUT2D eigenvalue weighted by Crippen LogP contribution is -2.22. The third-order valence-electron chi connectivity index (χ3n) is 3.89. The molecular weight excluding hydrogens is 228 g/mol. The van der Waals surface area contributed by atoms with Crippen molar-refractivity contribution in [1.82, 2.24) is 0 Å². The highest BCUT2D eigenvalue weighted by Crippen LogP contribution is 2.35. The minimum Gasteiger partial charge on any atom is -0.450 e. The Balaban J connectivity index is 2.40. The van der Waals surface area contributed by atoms with Crippen LogP contribution in [0.3, 0.4) is 0 Å². The highest BCUT2D eigenvalue weighted by molar-refractivity contribution is 5.56. The average molecular weight is 252 g/mol. The van der Waals surface area contributed by atoms with Gasteiger partial charge in [0.1, 0.15) is 0 Å². The van der Waals surface area contributed by atoms with Crippen LogP contribution in [0.25, 0.3) is 0 Å². The molecule has 1 saturated carbocycles. The predicted octanol–water partition coefficient (Wildman–Crippen LogP) is 3.93. The van der Waals surface area contributed by atoms with E-state index in [2.05, 4.69) is 10.7 Å². The summed E-state index contributed by atoms with van der Waals surface area (Å²) < 4.78 is 4.63. The van der Waals surface area contributed by atoms with E-state index in [1.165, 1.54) is 32.1 Å². The maximum atomic E-state index is 10.4. The fraction of sp³-hybridized carbons (Fsp3) is 0.800. The lowest BCUT2D eigenvalue weighted by atomic mass is 9.75. The average Bonchev–Trinajstić information content (AvgIpc) is 2.37. The van der Waals surface area contributed by atoms with Crippen LogP contribution in [0.15, 0.2) is 0 Å². The van der Waals surface area contributed by atoms with E-state index in [1.807, 2.05) is 6.92 Å². The summed E-state index contributed by atoms with van der Waals surface area (Å²) in [5, 5.41) is 8.49. The number of terminal acetylenes is 1. The molecular formula is C15H24O3. The van der Waals surface area contributed by atoms with Crippen molar-refractivity contribution in [1.29, 1.82) is 0 Å². The highest BCUT2D eigenvalue weighted by Gasteiger charge is 2.24. The van der Waals surface area contributed by atoms with Gasteiger partial charge in [0.25, 0.3) is 0 Å². The van der Waals surface area contributed by atoms with Crippen LogP contribution in [-0.4, -0.2) is 17.9 Å². The molecule has 0 saturated heterocycles. The molecule has 1 rings (SSSR count). The summed E-state index contributed by atoms with van der Waals surface area (Å²) in [6, 6.07) is 0. The fourth-order valence-electron chi connectivity index (χ4n) is 3.00. The van der Waals surface area contributed by atoms with Crippen molar-refractivity contribution in [3.63, 3.8) is 0 Å². The van der Waals surface area contributed by atoms with Gasteiger partial charge in [-0.15, -0.1) is 12.3 Å². The van der Waals surface area contributed by atoms with E-state index in [0.29, 0.717) is 5.92 Å². The Kier molecular flexibility index (Phi) is 6.64. The van der Waals surface area contributed by atoms with Gasteiger partial charge in [-0.1, -0.05) is 39.0 Å². The summed E-state index contributed by atoms with van der Waals surface area (Å²) in [7, 11) is 0. The van der Waals surface area contributed by atoms with Gasteiger partial charge in [0.15, 0.2) is 0 Å². The third kappa shape index (κ3) is 5.44. The molecule has 0 aromatic rings. The normalized spacial score (nSPS) is 19.8. The van der Waals surface area contributed by atoms with Gasteiger partial charge in [-0.05, 0) is 24.2 Å². The standard InChI is InChI=1S/C15H24O3/c1-3-7-14(13-8-5-4-6-9-13)10-12(2)11-18-15(16)17/h1,12-14H,4-11H2,2H3,(H,16,17). The van der Waals surface area contributed by atoms with E-state index < -0.39 is 6.16 Å². The van der Waals surface area contributed by atoms with Crippen molar-refractivity contribution in [3.8, 4) is 12.3 Å². The molecule has 0 spiro atoms. The number of hydrogen-bond donors (Lipinski definition) is 1. The molecule has 1 aliphatic rings. The van der Waals surface area contributed by atoms with Gasteiger partial charge >= 0.3 is 6.16 Å². The molecule has 0 aliphatic heterocycles. The molecule has 0 amide bonds. The molecule has 3 heteroatoms.